The van der Waals surface area contributed by atoms with Gasteiger partial charge in [0.25, 0.3) is 0 Å². The lowest BCUT2D eigenvalue weighted by atomic mass is 10.2. The molecule has 21 heavy (non-hydrogen) atoms. The maximum atomic E-state index is 14.0. The topological polar surface area (TPSA) is 74.7 Å². The number of carboxylic acid groups (broad SMARTS) is 1. The second-order valence-corrected chi connectivity index (χ2v) is 9.11. The van der Waals surface area contributed by atoms with Crippen LogP contribution < -0.4 is 0 Å². The molecule has 1 heterocycles. The highest BCUT2D eigenvalue weighted by molar-refractivity contribution is 8.00. The number of rotatable bonds is 3. The minimum absolute atomic E-state index is 0.233. The molecule has 1 N–H and O–H groups in total. The lowest BCUT2D eigenvalue weighted by Gasteiger charge is -2.36. The maximum absolute atomic E-state index is 14.0. The summed E-state index contributed by atoms with van der Waals surface area (Å²) in [4.78, 5) is 10.3. The van der Waals surface area contributed by atoms with Crippen LogP contribution in [0.3, 0.4) is 0 Å². The first kappa shape index (κ1) is 16.3. The van der Waals surface area contributed by atoms with Gasteiger partial charge in [-0.2, -0.15) is 16.1 Å². The SMILES string of the molecule is CC1(C)CN(S(=O)(=O)c2ccc(C(=O)O)cc2F)CCS1. The molecule has 1 aliphatic heterocycles. The third-order valence-corrected chi connectivity index (χ3v) is 6.36. The standard InChI is InChI=1S/C13H16FNO4S2/c1-13(2)8-15(5-6-20-13)21(18,19)11-4-3-9(12(16)17)7-10(11)14/h3-4,7H,5-6,8H2,1-2H3,(H,16,17). The average molecular weight is 333 g/mol. The zero-order valence-corrected chi connectivity index (χ0v) is 13.3. The summed E-state index contributed by atoms with van der Waals surface area (Å²) >= 11 is 1.67. The van der Waals surface area contributed by atoms with Crippen LogP contribution in [0.5, 0.6) is 0 Å². The molecule has 0 aromatic heterocycles. The van der Waals surface area contributed by atoms with Gasteiger partial charge in [-0.3, -0.25) is 0 Å². The summed E-state index contributed by atoms with van der Waals surface area (Å²) in [5.74, 6) is -1.69. The molecule has 1 aromatic rings. The molecule has 1 aromatic carbocycles. The largest absolute Gasteiger partial charge is 0.478 e. The predicted octanol–water partition coefficient (Wildman–Crippen LogP) is 2.04. The van der Waals surface area contributed by atoms with Crippen LogP contribution in [0, 0.1) is 5.82 Å². The van der Waals surface area contributed by atoms with Gasteiger partial charge in [-0.25, -0.2) is 17.6 Å². The van der Waals surface area contributed by atoms with E-state index in [2.05, 4.69) is 0 Å². The monoisotopic (exact) mass is 333 g/mol. The van der Waals surface area contributed by atoms with Crippen molar-refractivity contribution in [3.8, 4) is 0 Å². The van der Waals surface area contributed by atoms with Crippen LogP contribution in [-0.4, -0.2) is 47.4 Å². The van der Waals surface area contributed by atoms with Crippen molar-refractivity contribution in [2.75, 3.05) is 18.8 Å². The molecule has 1 aliphatic rings. The molecule has 116 valence electrons. The number of aromatic carboxylic acids is 1. The van der Waals surface area contributed by atoms with Crippen molar-refractivity contribution in [3.63, 3.8) is 0 Å². The molecule has 0 radical (unpaired) electrons. The zero-order chi connectivity index (χ0) is 15.8. The molecule has 2 rings (SSSR count). The van der Waals surface area contributed by atoms with E-state index >= 15 is 0 Å². The maximum Gasteiger partial charge on any atom is 0.335 e. The average Bonchev–Trinajstić information content (AvgIpc) is 2.36. The number of benzene rings is 1. The molecular weight excluding hydrogens is 317 g/mol. The number of halogens is 1. The molecule has 1 saturated heterocycles. The minimum Gasteiger partial charge on any atom is -0.478 e. The number of thioether (sulfide) groups is 1. The van der Waals surface area contributed by atoms with Crippen LogP contribution >= 0.6 is 11.8 Å². The highest BCUT2D eigenvalue weighted by atomic mass is 32.2. The van der Waals surface area contributed by atoms with Gasteiger partial charge in [-0.15, -0.1) is 0 Å². The summed E-state index contributed by atoms with van der Waals surface area (Å²) in [5, 5.41) is 8.79. The van der Waals surface area contributed by atoms with Crippen LogP contribution in [0.4, 0.5) is 4.39 Å². The van der Waals surface area contributed by atoms with Crippen LogP contribution in [0.25, 0.3) is 0 Å². The van der Waals surface area contributed by atoms with E-state index in [0.717, 1.165) is 18.2 Å². The summed E-state index contributed by atoms with van der Waals surface area (Å²) in [6, 6.07) is 2.85. The number of carboxylic acids is 1. The van der Waals surface area contributed by atoms with Crippen molar-refractivity contribution in [1.29, 1.82) is 0 Å². The molecule has 0 spiro atoms. The lowest BCUT2D eigenvalue weighted by Crippen LogP contribution is -2.46. The molecule has 0 saturated carbocycles. The summed E-state index contributed by atoms with van der Waals surface area (Å²) < 4.78 is 40.0. The first-order chi connectivity index (χ1) is 9.63. The number of nitrogens with zero attached hydrogens (tertiary/aromatic N) is 1. The third-order valence-electron chi connectivity index (χ3n) is 3.19. The summed E-state index contributed by atoms with van der Waals surface area (Å²) in [6.45, 7) is 4.48. The molecule has 5 nitrogen and oxygen atoms in total. The van der Waals surface area contributed by atoms with Gasteiger partial charge in [-0.05, 0) is 32.0 Å². The van der Waals surface area contributed by atoms with Crippen LogP contribution in [0.15, 0.2) is 23.1 Å². The van der Waals surface area contributed by atoms with E-state index in [1.54, 1.807) is 11.8 Å². The Balaban J connectivity index is 2.38. The Kier molecular flexibility index (Phi) is 4.32. The van der Waals surface area contributed by atoms with Crippen LogP contribution in [-0.2, 0) is 10.0 Å². The Bertz CT molecular complexity index is 673. The molecular formula is C13H16FNO4S2. The van der Waals surface area contributed by atoms with E-state index in [0.29, 0.717) is 18.8 Å². The second-order valence-electron chi connectivity index (χ2n) is 5.40. The van der Waals surface area contributed by atoms with Gasteiger partial charge in [0.05, 0.1) is 5.56 Å². The predicted molar refractivity (Wildman–Crippen MR) is 78.7 cm³/mol. The summed E-state index contributed by atoms with van der Waals surface area (Å²) in [6.07, 6.45) is 0. The van der Waals surface area contributed by atoms with E-state index in [-0.39, 0.29) is 10.3 Å². The smallest absolute Gasteiger partial charge is 0.335 e. The van der Waals surface area contributed by atoms with E-state index in [1.165, 1.54) is 4.31 Å². The quantitative estimate of drug-likeness (QED) is 0.916. The van der Waals surface area contributed by atoms with E-state index in [4.69, 9.17) is 5.11 Å². The van der Waals surface area contributed by atoms with Crippen LogP contribution in [0.2, 0.25) is 0 Å². The van der Waals surface area contributed by atoms with Crippen molar-refractivity contribution < 1.29 is 22.7 Å². The summed E-state index contributed by atoms with van der Waals surface area (Å²) in [5.41, 5.74) is -0.277. The first-order valence-electron chi connectivity index (χ1n) is 6.30. The number of sulfonamides is 1. The van der Waals surface area contributed by atoms with Crippen molar-refractivity contribution in [2.24, 2.45) is 0 Å². The fraction of sp³-hybridized carbons (Fsp3) is 0.462. The molecule has 0 unspecified atom stereocenters. The highest BCUT2D eigenvalue weighted by Gasteiger charge is 2.36. The number of hydrogen-bond acceptors (Lipinski definition) is 4. The van der Waals surface area contributed by atoms with Gasteiger partial charge < -0.3 is 5.11 Å². The van der Waals surface area contributed by atoms with Crippen molar-refractivity contribution in [3.05, 3.63) is 29.6 Å². The zero-order valence-electron chi connectivity index (χ0n) is 11.7. The first-order valence-corrected chi connectivity index (χ1v) is 8.73. The molecule has 8 heteroatoms. The normalized spacial score (nSPS) is 19.4. The Morgan fingerprint density at radius 2 is 2.10 bits per heavy atom. The molecule has 1 fully saturated rings. The van der Waals surface area contributed by atoms with Gasteiger partial charge in [0.1, 0.15) is 10.7 Å². The molecule has 0 bridgehead atoms. The van der Waals surface area contributed by atoms with Gasteiger partial charge in [-0.1, -0.05) is 0 Å². The number of hydrogen-bond donors (Lipinski definition) is 1. The molecule has 0 atom stereocenters. The summed E-state index contributed by atoms with van der Waals surface area (Å²) in [7, 11) is -3.95. The molecule has 0 aliphatic carbocycles. The lowest BCUT2D eigenvalue weighted by molar-refractivity contribution is 0.0696. The number of carbonyl (C=O) groups is 1. The van der Waals surface area contributed by atoms with Crippen molar-refractivity contribution in [2.45, 2.75) is 23.5 Å². The van der Waals surface area contributed by atoms with Gasteiger partial charge in [0, 0.05) is 23.6 Å². The fourth-order valence-electron chi connectivity index (χ4n) is 2.16. The minimum atomic E-state index is -3.95. The Hall–Kier alpha value is -1.12. The van der Waals surface area contributed by atoms with Crippen molar-refractivity contribution >= 4 is 27.8 Å². The Morgan fingerprint density at radius 3 is 2.62 bits per heavy atom. The second kappa shape index (κ2) is 5.58. The van der Waals surface area contributed by atoms with E-state index in [1.807, 2.05) is 13.8 Å². The Labute approximate surface area is 127 Å². The molecule has 0 amide bonds. The van der Waals surface area contributed by atoms with Crippen LogP contribution in [0.1, 0.15) is 24.2 Å². The van der Waals surface area contributed by atoms with E-state index < -0.39 is 26.7 Å². The Morgan fingerprint density at radius 1 is 1.43 bits per heavy atom. The van der Waals surface area contributed by atoms with Gasteiger partial charge in [0.15, 0.2) is 0 Å². The van der Waals surface area contributed by atoms with Gasteiger partial charge >= 0.3 is 5.97 Å². The highest BCUT2D eigenvalue weighted by Crippen LogP contribution is 2.33. The third kappa shape index (κ3) is 3.38. The fourth-order valence-corrected chi connectivity index (χ4v) is 5.12. The van der Waals surface area contributed by atoms with E-state index in [9.17, 15) is 17.6 Å². The van der Waals surface area contributed by atoms with Gasteiger partial charge in [0.2, 0.25) is 10.0 Å². The van der Waals surface area contributed by atoms with Crippen molar-refractivity contribution in [1.82, 2.24) is 4.31 Å².